The average molecular weight is 542 g/mol. The number of piperidine rings is 1. The molecule has 0 atom stereocenters. The maximum Gasteiger partial charge on any atom is 0.193 e. The fourth-order valence-electron chi connectivity index (χ4n) is 3.71. The maximum absolute atomic E-state index is 5.95. The molecular weight excluding hydrogens is 507 g/mol. The molecule has 1 aliphatic heterocycles. The number of hydrogen-bond acceptors (Lipinski definition) is 5. The van der Waals surface area contributed by atoms with Crippen LogP contribution in [0.2, 0.25) is 0 Å². The second-order valence-corrected chi connectivity index (χ2v) is 7.67. The molecule has 1 fully saturated rings. The number of hydrogen-bond donors (Lipinski definition) is 1. The van der Waals surface area contributed by atoms with Gasteiger partial charge in [0.15, 0.2) is 11.8 Å². The quantitative estimate of drug-likeness (QED) is 0.239. The van der Waals surface area contributed by atoms with Crippen molar-refractivity contribution in [3.63, 3.8) is 0 Å². The maximum atomic E-state index is 5.95. The number of aryl methyl sites for hydroxylation is 2. The van der Waals surface area contributed by atoms with Crippen LogP contribution in [-0.2, 0) is 16.0 Å². The highest BCUT2D eigenvalue weighted by atomic mass is 127. The zero-order chi connectivity index (χ0) is 21.3. The van der Waals surface area contributed by atoms with Crippen molar-refractivity contribution in [2.75, 3.05) is 40.5 Å². The van der Waals surface area contributed by atoms with E-state index in [2.05, 4.69) is 37.4 Å². The Morgan fingerprint density at radius 1 is 1.23 bits per heavy atom. The molecule has 1 saturated heterocycles. The molecule has 0 saturated carbocycles. The Labute approximate surface area is 202 Å². The van der Waals surface area contributed by atoms with Crippen LogP contribution in [-0.4, -0.2) is 72.2 Å². The van der Waals surface area contributed by atoms with Crippen molar-refractivity contribution in [2.24, 2.45) is 4.99 Å². The van der Waals surface area contributed by atoms with Crippen molar-refractivity contribution < 1.29 is 9.47 Å². The zero-order valence-corrected chi connectivity index (χ0v) is 21.3. The normalized spacial score (nSPS) is 15.1. The Morgan fingerprint density at radius 3 is 2.58 bits per heavy atom. The number of rotatable bonds is 8. The van der Waals surface area contributed by atoms with E-state index in [1.807, 2.05) is 37.8 Å². The number of halogens is 1. The van der Waals surface area contributed by atoms with Crippen molar-refractivity contribution in [2.45, 2.75) is 45.8 Å². The average Bonchev–Trinajstić information content (AvgIpc) is 3.11. The molecular formula is C22H35IN6O2. The van der Waals surface area contributed by atoms with Gasteiger partial charge in [0.2, 0.25) is 0 Å². The first-order valence-electron chi connectivity index (χ1n) is 10.7. The SMILES string of the molecule is CN=C(NCc1ccc(-n2nc(C)cc2C)nc1)N1CCC(OCCCOC)CC1.I. The topological polar surface area (TPSA) is 76.8 Å². The Morgan fingerprint density at radius 2 is 2.00 bits per heavy atom. The first kappa shape index (κ1) is 25.5. The van der Waals surface area contributed by atoms with Gasteiger partial charge in [-0.1, -0.05) is 6.07 Å². The molecule has 2 aromatic heterocycles. The number of aliphatic imine (C=N–C) groups is 1. The van der Waals surface area contributed by atoms with Gasteiger partial charge in [-0.3, -0.25) is 4.99 Å². The van der Waals surface area contributed by atoms with Crippen LogP contribution in [0.5, 0.6) is 0 Å². The van der Waals surface area contributed by atoms with Crippen LogP contribution < -0.4 is 5.32 Å². The zero-order valence-electron chi connectivity index (χ0n) is 19.0. The molecule has 2 aromatic rings. The second-order valence-electron chi connectivity index (χ2n) is 7.67. The summed E-state index contributed by atoms with van der Waals surface area (Å²) >= 11 is 0. The predicted octanol–water partition coefficient (Wildman–Crippen LogP) is 3.10. The summed E-state index contributed by atoms with van der Waals surface area (Å²) in [5.41, 5.74) is 3.18. The number of methoxy groups -OCH3 is 1. The van der Waals surface area contributed by atoms with E-state index in [1.165, 1.54) is 0 Å². The summed E-state index contributed by atoms with van der Waals surface area (Å²) in [5.74, 6) is 1.76. The standard InChI is InChI=1S/C22H34N6O2.HI/c1-17-14-18(2)28(26-17)21-7-6-19(15-24-21)16-25-22(23-3)27-10-8-20(9-11-27)30-13-5-12-29-4;/h6-7,14-15,20H,5,8-13,16H2,1-4H3,(H,23,25);1H. The van der Waals surface area contributed by atoms with Gasteiger partial charge in [-0.25, -0.2) is 9.67 Å². The summed E-state index contributed by atoms with van der Waals surface area (Å²) in [7, 11) is 3.56. The predicted molar refractivity (Wildman–Crippen MR) is 133 cm³/mol. The van der Waals surface area contributed by atoms with Crippen molar-refractivity contribution >= 4 is 29.9 Å². The largest absolute Gasteiger partial charge is 0.385 e. The van der Waals surface area contributed by atoms with Gasteiger partial charge in [0.1, 0.15) is 0 Å². The van der Waals surface area contributed by atoms with Gasteiger partial charge in [0, 0.05) is 58.9 Å². The fraction of sp³-hybridized carbons (Fsp3) is 0.591. The van der Waals surface area contributed by atoms with E-state index in [1.54, 1.807) is 7.11 Å². The van der Waals surface area contributed by atoms with Crippen LogP contribution >= 0.6 is 24.0 Å². The summed E-state index contributed by atoms with van der Waals surface area (Å²) in [5, 5.41) is 7.95. The highest BCUT2D eigenvalue weighted by Gasteiger charge is 2.21. The van der Waals surface area contributed by atoms with Gasteiger partial charge < -0.3 is 19.7 Å². The highest BCUT2D eigenvalue weighted by molar-refractivity contribution is 14.0. The van der Waals surface area contributed by atoms with E-state index in [-0.39, 0.29) is 24.0 Å². The molecule has 0 unspecified atom stereocenters. The third-order valence-corrected chi connectivity index (χ3v) is 5.29. The van der Waals surface area contributed by atoms with E-state index < -0.39 is 0 Å². The minimum absolute atomic E-state index is 0. The lowest BCUT2D eigenvalue weighted by atomic mass is 10.1. The molecule has 0 amide bonds. The second kappa shape index (κ2) is 13.0. The van der Waals surface area contributed by atoms with Gasteiger partial charge in [-0.15, -0.1) is 24.0 Å². The van der Waals surface area contributed by atoms with Crippen LogP contribution in [0.3, 0.4) is 0 Å². The lowest BCUT2D eigenvalue weighted by molar-refractivity contribution is 0.00989. The van der Waals surface area contributed by atoms with E-state index in [0.717, 1.165) is 74.3 Å². The molecule has 3 heterocycles. The summed E-state index contributed by atoms with van der Waals surface area (Å²) in [6.45, 7) is 8.13. The fourth-order valence-corrected chi connectivity index (χ4v) is 3.71. The van der Waals surface area contributed by atoms with Gasteiger partial charge in [-0.2, -0.15) is 5.10 Å². The lowest BCUT2D eigenvalue weighted by Crippen LogP contribution is -2.46. The van der Waals surface area contributed by atoms with Crippen LogP contribution in [0.1, 0.15) is 36.2 Å². The summed E-state index contributed by atoms with van der Waals surface area (Å²) < 4.78 is 12.9. The molecule has 0 aromatic carbocycles. The van der Waals surface area contributed by atoms with Crippen molar-refractivity contribution in [1.29, 1.82) is 0 Å². The summed E-state index contributed by atoms with van der Waals surface area (Å²) in [6, 6.07) is 6.14. The minimum Gasteiger partial charge on any atom is -0.385 e. The van der Waals surface area contributed by atoms with Gasteiger partial charge >= 0.3 is 0 Å². The van der Waals surface area contributed by atoms with Gasteiger partial charge in [0.25, 0.3) is 0 Å². The Kier molecular flexibility index (Phi) is 10.7. The van der Waals surface area contributed by atoms with E-state index in [4.69, 9.17) is 9.47 Å². The van der Waals surface area contributed by atoms with Crippen LogP contribution in [0.25, 0.3) is 5.82 Å². The van der Waals surface area contributed by atoms with E-state index in [0.29, 0.717) is 12.6 Å². The number of aromatic nitrogens is 3. The molecule has 1 aliphatic rings. The number of ether oxygens (including phenoxy) is 2. The van der Waals surface area contributed by atoms with E-state index in [9.17, 15) is 0 Å². The van der Waals surface area contributed by atoms with Crippen molar-refractivity contribution in [3.8, 4) is 5.82 Å². The minimum atomic E-state index is 0. The monoisotopic (exact) mass is 542 g/mol. The molecule has 8 nitrogen and oxygen atoms in total. The molecule has 172 valence electrons. The number of nitrogens with one attached hydrogen (secondary N) is 1. The van der Waals surface area contributed by atoms with E-state index >= 15 is 0 Å². The molecule has 0 aliphatic carbocycles. The van der Waals surface area contributed by atoms with Gasteiger partial charge in [-0.05, 0) is 50.8 Å². The van der Waals surface area contributed by atoms with Crippen LogP contribution in [0, 0.1) is 13.8 Å². The smallest absolute Gasteiger partial charge is 0.193 e. The Balaban J connectivity index is 0.00000341. The highest BCUT2D eigenvalue weighted by Crippen LogP contribution is 2.15. The Bertz CT molecular complexity index is 816. The van der Waals surface area contributed by atoms with Crippen LogP contribution in [0.15, 0.2) is 29.4 Å². The number of likely N-dealkylation sites (tertiary alicyclic amines) is 1. The summed E-state index contributed by atoms with van der Waals surface area (Å²) in [4.78, 5) is 11.3. The third-order valence-electron chi connectivity index (χ3n) is 5.29. The van der Waals surface area contributed by atoms with Crippen molar-refractivity contribution in [1.82, 2.24) is 25.0 Å². The molecule has 0 radical (unpaired) electrons. The number of guanidine groups is 1. The molecule has 0 bridgehead atoms. The van der Waals surface area contributed by atoms with Gasteiger partial charge in [0.05, 0.1) is 11.8 Å². The molecule has 31 heavy (non-hydrogen) atoms. The van der Waals surface area contributed by atoms with Crippen molar-refractivity contribution in [3.05, 3.63) is 41.3 Å². The molecule has 0 spiro atoms. The molecule has 3 rings (SSSR count). The number of nitrogens with zero attached hydrogens (tertiary/aromatic N) is 5. The molecule has 1 N–H and O–H groups in total. The number of pyridine rings is 1. The third kappa shape index (κ3) is 7.43. The lowest BCUT2D eigenvalue weighted by Gasteiger charge is -2.34. The first-order valence-corrected chi connectivity index (χ1v) is 10.7. The Hall–Kier alpha value is -1.72. The molecule has 9 heteroatoms. The van der Waals surface area contributed by atoms with Crippen LogP contribution in [0.4, 0.5) is 0 Å². The summed E-state index contributed by atoms with van der Waals surface area (Å²) in [6.07, 6.45) is 5.22. The first-order chi connectivity index (χ1) is 14.6.